The lowest BCUT2D eigenvalue weighted by atomic mass is 9.98. The highest BCUT2D eigenvalue weighted by atomic mass is 16.7. The SMILES string of the molecule is CCCCCCCCCCCCCCCCCCNC(=O)O[C@@H]1[C@@H](O)[C@@H](O)[C@@H](OC[C@H]2O[C@@H](n3ccc(=O)[nH]c3=O)[C@H](O)[C@@H]2O)O[C@H]1CNC(C)=O. The summed E-state index contributed by atoms with van der Waals surface area (Å²) in [7, 11) is 0. The standard InChI is InChI=1S/C36H62N4O12/c1-3-4-5-6-7-8-9-10-11-12-13-14-15-16-17-18-20-37-36(48)52-32-25(22-38-24(2)41)51-34(31(46)29(32)44)49-23-26-28(43)30(45)33(50-26)40-21-19-27(42)39-35(40)47/h19,21,25-26,28-34,43-46H,3-18,20,22-23H2,1-2H3,(H,37,48)(H,38,41)(H,39,42,47)/t25-,26+,28+,29-,30+,31+,32-,33+,34-/m0/s1. The number of aromatic amines is 1. The molecule has 3 rings (SSSR count). The Morgan fingerprint density at radius 2 is 1.35 bits per heavy atom. The summed E-state index contributed by atoms with van der Waals surface area (Å²) in [5.74, 6) is -0.409. The van der Waals surface area contributed by atoms with Crippen LogP contribution in [0, 0.1) is 0 Å². The number of nitrogens with zero attached hydrogens (tertiary/aromatic N) is 1. The normalized spacial score (nSPS) is 27.4. The van der Waals surface area contributed by atoms with E-state index in [-0.39, 0.29) is 6.54 Å². The van der Waals surface area contributed by atoms with Gasteiger partial charge in [0.05, 0.1) is 6.61 Å². The number of carbonyl (C=O) groups is 2. The van der Waals surface area contributed by atoms with Crippen LogP contribution in [-0.2, 0) is 23.7 Å². The van der Waals surface area contributed by atoms with Gasteiger partial charge in [0.15, 0.2) is 18.6 Å². The van der Waals surface area contributed by atoms with Crippen molar-refractivity contribution in [2.24, 2.45) is 0 Å². The summed E-state index contributed by atoms with van der Waals surface area (Å²) >= 11 is 0. The first kappa shape index (κ1) is 43.5. The number of unbranched alkanes of at least 4 members (excludes halogenated alkanes) is 15. The summed E-state index contributed by atoms with van der Waals surface area (Å²) in [5.41, 5.74) is -1.51. The molecule has 3 heterocycles. The van der Waals surface area contributed by atoms with Crippen LogP contribution in [0.15, 0.2) is 21.9 Å². The Balaban J connectivity index is 1.35. The predicted octanol–water partition coefficient (Wildman–Crippen LogP) is 2.11. The highest BCUT2D eigenvalue weighted by Crippen LogP contribution is 2.30. The van der Waals surface area contributed by atoms with Crippen LogP contribution in [0.2, 0.25) is 0 Å². The number of alkyl carbamates (subject to hydrolysis) is 1. The third-order valence-corrected chi connectivity index (χ3v) is 9.62. The maximum atomic E-state index is 12.6. The van der Waals surface area contributed by atoms with E-state index in [1.165, 1.54) is 84.0 Å². The average molecular weight is 743 g/mol. The van der Waals surface area contributed by atoms with Gasteiger partial charge in [-0.2, -0.15) is 0 Å². The molecule has 1 aromatic rings. The van der Waals surface area contributed by atoms with Gasteiger partial charge in [-0.25, -0.2) is 9.59 Å². The van der Waals surface area contributed by atoms with Crippen molar-refractivity contribution < 1.29 is 49.0 Å². The largest absolute Gasteiger partial charge is 0.441 e. The molecule has 2 fully saturated rings. The average Bonchev–Trinajstić information content (AvgIpc) is 3.39. The molecule has 52 heavy (non-hydrogen) atoms. The number of aliphatic hydroxyl groups excluding tert-OH is 4. The number of amides is 2. The van der Waals surface area contributed by atoms with Crippen LogP contribution >= 0.6 is 0 Å². The number of nitrogens with one attached hydrogen (secondary N) is 3. The molecule has 0 unspecified atom stereocenters. The van der Waals surface area contributed by atoms with Crippen molar-refractivity contribution in [1.29, 1.82) is 0 Å². The summed E-state index contributed by atoms with van der Waals surface area (Å²) in [6, 6.07) is 1.05. The zero-order chi connectivity index (χ0) is 37.9. The maximum absolute atomic E-state index is 12.6. The Hall–Kier alpha value is -2.86. The van der Waals surface area contributed by atoms with E-state index < -0.39 is 85.1 Å². The second kappa shape index (κ2) is 23.7. The first-order valence-corrected chi connectivity index (χ1v) is 19.2. The molecule has 1 aromatic heterocycles. The number of aromatic nitrogens is 2. The number of hydrogen-bond donors (Lipinski definition) is 7. The minimum Gasteiger partial charge on any atom is -0.441 e. The Morgan fingerprint density at radius 3 is 1.90 bits per heavy atom. The van der Waals surface area contributed by atoms with Gasteiger partial charge in [-0.1, -0.05) is 103 Å². The molecule has 0 bridgehead atoms. The Labute approximate surface area is 305 Å². The molecule has 16 nitrogen and oxygen atoms in total. The molecule has 0 spiro atoms. The lowest BCUT2D eigenvalue weighted by molar-refractivity contribution is -0.300. The van der Waals surface area contributed by atoms with Gasteiger partial charge in [0.2, 0.25) is 5.91 Å². The van der Waals surface area contributed by atoms with Crippen LogP contribution < -0.4 is 21.9 Å². The van der Waals surface area contributed by atoms with Crippen LogP contribution in [0.5, 0.6) is 0 Å². The second-order valence-corrected chi connectivity index (χ2v) is 14.0. The maximum Gasteiger partial charge on any atom is 0.407 e. The third kappa shape index (κ3) is 14.5. The molecule has 2 aliphatic rings. The molecule has 0 aliphatic carbocycles. The van der Waals surface area contributed by atoms with E-state index in [0.717, 1.165) is 42.5 Å². The Bertz CT molecular complexity index is 1290. The van der Waals surface area contributed by atoms with E-state index >= 15 is 0 Å². The Morgan fingerprint density at radius 1 is 0.769 bits per heavy atom. The van der Waals surface area contributed by atoms with E-state index in [0.29, 0.717) is 6.54 Å². The first-order chi connectivity index (χ1) is 25.0. The van der Waals surface area contributed by atoms with Crippen molar-refractivity contribution in [3.63, 3.8) is 0 Å². The van der Waals surface area contributed by atoms with Gasteiger partial charge in [-0.3, -0.25) is 19.1 Å². The van der Waals surface area contributed by atoms with Crippen molar-refractivity contribution in [3.05, 3.63) is 33.1 Å². The molecule has 2 aliphatic heterocycles. The summed E-state index contributed by atoms with van der Waals surface area (Å²) in [4.78, 5) is 49.9. The van der Waals surface area contributed by atoms with Crippen molar-refractivity contribution in [1.82, 2.24) is 20.2 Å². The van der Waals surface area contributed by atoms with Crippen molar-refractivity contribution in [2.45, 2.75) is 172 Å². The zero-order valence-corrected chi connectivity index (χ0v) is 30.8. The molecular formula is C36H62N4O12. The second-order valence-electron chi connectivity index (χ2n) is 14.0. The molecule has 2 amide bonds. The number of aliphatic hydroxyl groups is 4. The molecule has 0 aromatic carbocycles. The summed E-state index contributed by atoms with van der Waals surface area (Å²) in [6.45, 7) is 3.24. The van der Waals surface area contributed by atoms with Crippen molar-refractivity contribution >= 4 is 12.0 Å². The Kier molecular flexibility index (Phi) is 19.9. The number of H-pyrrole nitrogens is 1. The van der Waals surface area contributed by atoms with Crippen LogP contribution in [0.1, 0.15) is 123 Å². The third-order valence-electron chi connectivity index (χ3n) is 9.62. The van der Waals surface area contributed by atoms with Crippen LogP contribution in [0.3, 0.4) is 0 Å². The van der Waals surface area contributed by atoms with Gasteiger partial charge in [0, 0.05) is 32.3 Å². The monoisotopic (exact) mass is 742 g/mol. The van der Waals surface area contributed by atoms with Crippen LogP contribution in [0.4, 0.5) is 4.79 Å². The van der Waals surface area contributed by atoms with Crippen LogP contribution in [0.25, 0.3) is 0 Å². The molecule has 0 saturated carbocycles. The van der Waals surface area contributed by atoms with E-state index in [9.17, 15) is 39.6 Å². The molecule has 9 atom stereocenters. The zero-order valence-electron chi connectivity index (χ0n) is 30.8. The molecule has 0 radical (unpaired) electrons. The molecule has 16 heteroatoms. The summed E-state index contributed by atoms with van der Waals surface area (Å²) in [5, 5.41) is 48.0. The lowest BCUT2D eigenvalue weighted by Crippen LogP contribution is -2.62. The fourth-order valence-corrected chi connectivity index (χ4v) is 6.54. The number of carbonyl (C=O) groups excluding carboxylic acids is 2. The number of hydrogen-bond acceptors (Lipinski definition) is 12. The first-order valence-electron chi connectivity index (χ1n) is 19.2. The van der Waals surface area contributed by atoms with Crippen molar-refractivity contribution in [3.8, 4) is 0 Å². The minimum absolute atomic E-state index is 0.186. The van der Waals surface area contributed by atoms with Crippen LogP contribution in [-0.4, -0.2) is 111 Å². The highest BCUT2D eigenvalue weighted by Gasteiger charge is 2.49. The number of rotatable bonds is 24. The van der Waals surface area contributed by atoms with E-state index in [4.69, 9.17) is 18.9 Å². The van der Waals surface area contributed by atoms with E-state index in [1.807, 2.05) is 4.98 Å². The quantitative estimate of drug-likeness (QED) is 0.0756. The van der Waals surface area contributed by atoms with Gasteiger partial charge >= 0.3 is 11.8 Å². The minimum atomic E-state index is -1.72. The predicted molar refractivity (Wildman–Crippen MR) is 190 cm³/mol. The van der Waals surface area contributed by atoms with E-state index in [2.05, 4.69) is 17.6 Å². The van der Waals surface area contributed by atoms with Gasteiger partial charge in [0.1, 0.15) is 36.6 Å². The lowest BCUT2D eigenvalue weighted by Gasteiger charge is -2.42. The van der Waals surface area contributed by atoms with Gasteiger partial charge in [-0.05, 0) is 6.42 Å². The summed E-state index contributed by atoms with van der Waals surface area (Å²) in [6.07, 6.45) is 7.09. The summed E-state index contributed by atoms with van der Waals surface area (Å²) < 4.78 is 23.4. The van der Waals surface area contributed by atoms with Crippen molar-refractivity contribution in [2.75, 3.05) is 19.7 Å². The smallest absolute Gasteiger partial charge is 0.407 e. The van der Waals surface area contributed by atoms with E-state index in [1.54, 1.807) is 0 Å². The molecule has 298 valence electrons. The topological polar surface area (TPSA) is 231 Å². The molecule has 2 saturated heterocycles. The van der Waals surface area contributed by atoms with Gasteiger partial charge < -0.3 is 50.0 Å². The number of ether oxygens (including phenoxy) is 4. The molecule has 7 N–H and O–H groups in total. The molecular weight excluding hydrogens is 680 g/mol. The fourth-order valence-electron chi connectivity index (χ4n) is 6.54. The van der Waals surface area contributed by atoms with Gasteiger partial charge in [0.25, 0.3) is 5.56 Å². The fraction of sp³-hybridized carbons (Fsp3) is 0.833. The van der Waals surface area contributed by atoms with Gasteiger partial charge in [-0.15, -0.1) is 0 Å². The highest BCUT2D eigenvalue weighted by molar-refractivity contribution is 5.72.